The Hall–Kier alpha value is -4.67. The van der Waals surface area contributed by atoms with Crippen molar-refractivity contribution in [1.82, 2.24) is 0 Å². The fourth-order valence-corrected chi connectivity index (χ4v) is 24.0. The number of halogens is 2. The standard InChI is InChI=1S/2C21H26N2.C13H8.2ClH.Ru/c2*1-14-9-16(3)20(17(4)10-14)22-7-8-23(13-22)21-18(5)11-15(2)12-19(21)6;1-3-7-12-10(5-1)9-11-6-2-4-8-13(11)12;;;/h2*9-12H,7-8H2,1-6H3;1-5,7-9H;2*1H;/q;;;;;+2/p-2. The zero-order chi connectivity index (χ0) is 44.2. The van der Waals surface area contributed by atoms with E-state index in [0.717, 1.165) is 44.6 Å². The maximum atomic E-state index is 9.56. The molecule has 2 aliphatic heterocycles. The van der Waals surface area contributed by atoms with Crippen LogP contribution in [0.3, 0.4) is 0 Å². The van der Waals surface area contributed by atoms with E-state index in [1.54, 1.807) is 0 Å². The first-order valence-corrected chi connectivity index (χ1v) is 29.0. The summed E-state index contributed by atoms with van der Waals surface area (Å²) in [4.78, 5) is 10.2. The molecule has 0 N–H and O–H groups in total. The van der Waals surface area contributed by atoms with Crippen LogP contribution in [0.5, 0.6) is 0 Å². The van der Waals surface area contributed by atoms with Gasteiger partial charge in [0.05, 0.1) is 0 Å². The van der Waals surface area contributed by atoms with E-state index in [4.69, 9.17) is 0 Å². The summed E-state index contributed by atoms with van der Waals surface area (Å²) < 4.78 is 3.03. The molecule has 0 spiro atoms. The molecule has 322 valence electrons. The van der Waals surface area contributed by atoms with Crippen molar-refractivity contribution >= 4 is 66.6 Å². The molecule has 9 rings (SSSR count). The van der Waals surface area contributed by atoms with Crippen LogP contribution in [0.1, 0.15) is 77.9 Å². The van der Waals surface area contributed by atoms with E-state index < -0.39 is 10.3 Å². The molecule has 4 aliphatic rings. The molecule has 2 heterocycles. The first kappa shape index (κ1) is 42.6. The summed E-state index contributed by atoms with van der Waals surface area (Å²) in [5.74, 6) is 0. The molecule has 2 fully saturated rings. The second-order valence-electron chi connectivity index (χ2n) is 18.2. The van der Waals surface area contributed by atoms with E-state index in [1.807, 2.05) is 0 Å². The van der Waals surface area contributed by atoms with Crippen molar-refractivity contribution < 1.29 is 10.3 Å². The van der Waals surface area contributed by atoms with Crippen LogP contribution < -0.4 is 19.6 Å². The zero-order valence-corrected chi connectivity index (χ0v) is 41.7. The molecule has 0 atom stereocenters. The van der Waals surface area contributed by atoms with Gasteiger partial charge < -0.3 is 0 Å². The second-order valence-corrected chi connectivity index (χ2v) is 31.4. The Morgan fingerprint density at radius 2 is 0.758 bits per heavy atom. The Morgan fingerprint density at radius 1 is 0.435 bits per heavy atom. The van der Waals surface area contributed by atoms with Gasteiger partial charge in [-0.3, -0.25) is 0 Å². The number of allylic oxidation sites excluding steroid dienone is 5. The Bertz CT molecular complexity index is 2780. The van der Waals surface area contributed by atoms with Gasteiger partial charge in [-0.05, 0) is 0 Å². The van der Waals surface area contributed by atoms with E-state index in [9.17, 15) is 19.4 Å². The average Bonchev–Trinajstić information content (AvgIpc) is 3.90. The van der Waals surface area contributed by atoms with Crippen molar-refractivity contribution in [2.24, 2.45) is 0 Å². The van der Waals surface area contributed by atoms with Crippen molar-refractivity contribution in [1.29, 1.82) is 0 Å². The first-order valence-electron chi connectivity index (χ1n) is 21.9. The summed E-state index contributed by atoms with van der Waals surface area (Å²) >= 11 is 0. The third-order valence-corrected chi connectivity index (χ3v) is 24.6. The fraction of sp³-hybridized carbons (Fsp3) is 0.291. The van der Waals surface area contributed by atoms with Gasteiger partial charge in [0, 0.05) is 0 Å². The molecule has 0 aromatic heterocycles. The SMILES string of the molecule is Cc1cc(C)c(N2CCN(c3c(C)cc(C)cc3C)[C]2=[Ru]([Cl])([Cl])(=[C]2C=CC=C3C2=Cc2ccccc23)=[C]2N(c3c(C)cc(C)cc3C)CCN2c2c(C)cc(C)cc2C)c(C)c1. The summed E-state index contributed by atoms with van der Waals surface area (Å²) in [6.07, 6.45) is 9.10. The maximum absolute atomic E-state index is 9.56. The van der Waals surface area contributed by atoms with Crippen LogP contribution in [-0.4, -0.2) is 39.0 Å². The van der Waals surface area contributed by atoms with Gasteiger partial charge in [-0.25, -0.2) is 0 Å². The van der Waals surface area contributed by atoms with Crippen LogP contribution in [0.25, 0.3) is 11.6 Å². The molecule has 2 aliphatic carbocycles. The van der Waals surface area contributed by atoms with Crippen molar-refractivity contribution in [2.75, 3.05) is 45.8 Å². The summed E-state index contributed by atoms with van der Waals surface area (Å²) in [6, 6.07) is 27.3. The normalized spacial score (nSPS) is 16.9. The van der Waals surface area contributed by atoms with E-state index in [0.29, 0.717) is 0 Å². The van der Waals surface area contributed by atoms with Crippen LogP contribution in [0.4, 0.5) is 22.7 Å². The van der Waals surface area contributed by atoms with Gasteiger partial charge in [-0.1, -0.05) is 0 Å². The molecule has 2 saturated heterocycles. The monoisotopic (exact) mass is 948 g/mol. The van der Waals surface area contributed by atoms with E-state index in [1.165, 1.54) is 106 Å². The molecule has 4 nitrogen and oxygen atoms in total. The molecular weight excluding hydrogens is 889 g/mol. The average molecular weight is 949 g/mol. The third-order valence-electron chi connectivity index (χ3n) is 13.1. The first-order chi connectivity index (χ1) is 29.4. The molecule has 0 saturated carbocycles. The van der Waals surface area contributed by atoms with Gasteiger partial charge in [0.2, 0.25) is 0 Å². The molecule has 5 aromatic carbocycles. The van der Waals surface area contributed by atoms with Crippen LogP contribution in [0.2, 0.25) is 0 Å². The topological polar surface area (TPSA) is 13.0 Å². The van der Waals surface area contributed by atoms with Gasteiger partial charge in [-0.2, -0.15) is 0 Å². The van der Waals surface area contributed by atoms with Gasteiger partial charge >= 0.3 is 380 Å². The molecule has 0 amide bonds. The number of benzene rings is 5. The Balaban J connectivity index is 1.62. The molecule has 62 heavy (non-hydrogen) atoms. The number of hydrogen-bond acceptors (Lipinski definition) is 4. The Kier molecular flexibility index (Phi) is 10.5. The molecular formula is C55H60Cl2N4Ru. The number of aryl methyl sites for hydroxylation is 12. The van der Waals surface area contributed by atoms with Crippen LogP contribution >= 0.6 is 19.4 Å². The van der Waals surface area contributed by atoms with Crippen LogP contribution in [0.15, 0.2) is 96.6 Å². The Labute approximate surface area is 377 Å². The fourth-order valence-electron chi connectivity index (χ4n) is 11.4. The summed E-state index contributed by atoms with van der Waals surface area (Å²) in [5.41, 5.74) is 24.2. The quantitative estimate of drug-likeness (QED) is 0.166. The number of hydrogen-bond donors (Lipinski definition) is 0. The predicted molar refractivity (Wildman–Crippen MR) is 270 cm³/mol. The zero-order valence-electron chi connectivity index (χ0n) is 38.5. The van der Waals surface area contributed by atoms with Crippen LogP contribution in [0, 0.1) is 83.1 Å². The van der Waals surface area contributed by atoms with Crippen molar-refractivity contribution in [2.45, 2.75) is 83.1 Å². The van der Waals surface area contributed by atoms with Crippen molar-refractivity contribution in [3.63, 3.8) is 0 Å². The van der Waals surface area contributed by atoms with Gasteiger partial charge in [0.1, 0.15) is 0 Å². The van der Waals surface area contributed by atoms with E-state index >= 15 is 0 Å². The second kappa shape index (κ2) is 15.3. The summed E-state index contributed by atoms with van der Waals surface area (Å²) in [7, 11) is 13.4. The summed E-state index contributed by atoms with van der Waals surface area (Å²) in [5, 5.41) is 0. The van der Waals surface area contributed by atoms with Crippen molar-refractivity contribution in [3.8, 4) is 0 Å². The summed E-state index contributed by atoms with van der Waals surface area (Å²) in [6.45, 7) is 29.8. The molecule has 0 radical (unpaired) electrons. The minimum atomic E-state index is -5.68. The number of nitrogens with zero attached hydrogens (tertiary/aromatic N) is 4. The minimum absolute atomic E-state index is 0.736. The molecule has 5 aromatic rings. The molecule has 7 heteroatoms. The van der Waals surface area contributed by atoms with Gasteiger partial charge in [0.25, 0.3) is 0 Å². The van der Waals surface area contributed by atoms with Gasteiger partial charge in [-0.15, -0.1) is 0 Å². The van der Waals surface area contributed by atoms with Gasteiger partial charge in [0.15, 0.2) is 0 Å². The number of fused-ring (bicyclic) bond motifs is 3. The Morgan fingerprint density at radius 3 is 1.10 bits per heavy atom. The van der Waals surface area contributed by atoms with Crippen LogP contribution in [-0.2, 0) is 10.3 Å². The number of anilines is 4. The van der Waals surface area contributed by atoms with E-state index in [2.05, 4.69) is 200 Å². The predicted octanol–water partition coefficient (Wildman–Crippen LogP) is 13.1. The van der Waals surface area contributed by atoms with Crippen molar-refractivity contribution in [3.05, 3.63) is 174 Å². The molecule has 0 unspecified atom stereocenters. The third kappa shape index (κ3) is 6.52. The number of rotatable bonds is 4. The van der Waals surface area contributed by atoms with E-state index in [-0.39, 0.29) is 0 Å². The molecule has 0 bridgehead atoms.